The van der Waals surface area contributed by atoms with Gasteiger partial charge in [0.2, 0.25) is 0 Å². The van der Waals surface area contributed by atoms with Crippen molar-refractivity contribution in [3.8, 4) is 0 Å². The van der Waals surface area contributed by atoms with Gasteiger partial charge in [0.25, 0.3) is 0 Å². The number of esters is 2. The molecular formula is C31H48O6S. The van der Waals surface area contributed by atoms with E-state index in [0.717, 1.165) is 43.8 Å². The molecule has 7 heteroatoms. The van der Waals surface area contributed by atoms with E-state index in [-0.39, 0.29) is 34.9 Å². The minimum absolute atomic E-state index is 0.0820. The molecule has 38 heavy (non-hydrogen) atoms. The van der Waals surface area contributed by atoms with E-state index in [0.29, 0.717) is 19.3 Å². The lowest BCUT2D eigenvalue weighted by Gasteiger charge is -2.62. The van der Waals surface area contributed by atoms with Crippen LogP contribution in [0.4, 0.5) is 0 Å². The van der Waals surface area contributed by atoms with Crippen molar-refractivity contribution < 1.29 is 29.0 Å². The number of ketones is 1. The van der Waals surface area contributed by atoms with E-state index in [1.54, 1.807) is 6.08 Å². The second-order valence-electron chi connectivity index (χ2n) is 13.1. The van der Waals surface area contributed by atoms with Crippen molar-refractivity contribution in [3.63, 3.8) is 0 Å². The van der Waals surface area contributed by atoms with Gasteiger partial charge in [-0.05, 0) is 74.4 Å². The number of hydrogen-bond donors (Lipinski definition) is 1. The van der Waals surface area contributed by atoms with Crippen molar-refractivity contribution in [1.82, 2.24) is 0 Å². The molecular weight excluding hydrogens is 500 g/mol. The van der Waals surface area contributed by atoms with E-state index in [2.05, 4.69) is 27.4 Å². The first-order chi connectivity index (χ1) is 18.0. The van der Waals surface area contributed by atoms with Gasteiger partial charge in [-0.2, -0.15) is 11.8 Å². The van der Waals surface area contributed by atoms with Gasteiger partial charge in [-0.15, -0.1) is 6.58 Å². The summed E-state index contributed by atoms with van der Waals surface area (Å²) in [4.78, 5) is 38.8. The minimum Gasteiger partial charge on any atom is -0.459 e. The van der Waals surface area contributed by atoms with Gasteiger partial charge in [0.05, 0.1) is 6.10 Å². The van der Waals surface area contributed by atoms with E-state index < -0.39 is 35.6 Å². The van der Waals surface area contributed by atoms with Crippen molar-refractivity contribution in [2.75, 3.05) is 12.4 Å². The number of thioether (sulfide) groups is 1. The number of hydrogen-bond acceptors (Lipinski definition) is 7. The van der Waals surface area contributed by atoms with E-state index in [4.69, 9.17) is 9.47 Å². The number of ether oxygens (including phenoxy) is 2. The average Bonchev–Trinajstić information content (AvgIpc) is 3.55. The molecule has 1 unspecified atom stereocenters. The molecule has 1 saturated heterocycles. The quantitative estimate of drug-likeness (QED) is 0.218. The summed E-state index contributed by atoms with van der Waals surface area (Å²) < 4.78 is 11.4. The van der Waals surface area contributed by atoms with Gasteiger partial charge in [0.1, 0.15) is 11.9 Å². The highest BCUT2D eigenvalue weighted by Gasteiger charge is 2.68. The summed E-state index contributed by atoms with van der Waals surface area (Å²) in [6, 6.07) is 0. The van der Waals surface area contributed by atoms with Crippen molar-refractivity contribution >= 4 is 29.5 Å². The maximum atomic E-state index is 13.5. The lowest BCUT2D eigenvalue weighted by molar-refractivity contribution is -0.207. The van der Waals surface area contributed by atoms with Crippen LogP contribution in [0.15, 0.2) is 12.7 Å². The summed E-state index contributed by atoms with van der Waals surface area (Å²) >= 11 is 2.03. The van der Waals surface area contributed by atoms with E-state index in [1.165, 1.54) is 18.6 Å². The number of aliphatic hydroxyl groups is 1. The first kappa shape index (κ1) is 29.6. The standard InChI is InChI=1S/C31H48O6S/c1-6-29(4)18-24(37-26(34)19-36-25(33)12-8-7-10-22-11-9-17-38-22)30(5)15-13-20(2)31(21(3)28(29)35)16-14-23(32)27(30)31/h6,20-22,24,27-28,35H,1,7-19H2,2-5H3/t20-,21+,22?,24-,27+,28+,29-,30+,31+/m1/s1. The molecule has 3 saturated carbocycles. The number of unbranched alkanes of at least 4 members (excludes halogenated alkanes) is 1. The Morgan fingerprint density at radius 2 is 1.92 bits per heavy atom. The number of carbonyl (C=O) groups excluding carboxylic acids is 3. The second-order valence-corrected chi connectivity index (χ2v) is 14.5. The van der Waals surface area contributed by atoms with E-state index in [1.807, 2.05) is 18.7 Å². The van der Waals surface area contributed by atoms with Crippen LogP contribution in [0.25, 0.3) is 0 Å². The van der Waals surface area contributed by atoms with Gasteiger partial charge in [-0.25, -0.2) is 4.79 Å². The maximum Gasteiger partial charge on any atom is 0.344 e. The molecule has 1 aliphatic heterocycles. The molecule has 0 amide bonds. The van der Waals surface area contributed by atoms with Gasteiger partial charge >= 0.3 is 11.9 Å². The Balaban J connectivity index is 1.44. The fourth-order valence-electron chi connectivity index (χ4n) is 8.58. The molecule has 1 N–H and O–H groups in total. The predicted molar refractivity (Wildman–Crippen MR) is 150 cm³/mol. The van der Waals surface area contributed by atoms with Crippen molar-refractivity contribution in [2.24, 2.45) is 34.0 Å². The van der Waals surface area contributed by atoms with Crippen LogP contribution in [0.2, 0.25) is 0 Å². The van der Waals surface area contributed by atoms with Crippen LogP contribution in [0.3, 0.4) is 0 Å². The van der Waals surface area contributed by atoms with Crippen LogP contribution >= 0.6 is 11.8 Å². The molecule has 6 nitrogen and oxygen atoms in total. The Labute approximate surface area is 233 Å². The highest BCUT2D eigenvalue weighted by Crippen LogP contribution is 2.68. The molecule has 3 aliphatic carbocycles. The Morgan fingerprint density at radius 3 is 2.61 bits per heavy atom. The average molecular weight is 549 g/mol. The Bertz CT molecular complexity index is 914. The van der Waals surface area contributed by atoms with Gasteiger partial charge in [-0.3, -0.25) is 9.59 Å². The van der Waals surface area contributed by atoms with E-state index in [9.17, 15) is 19.5 Å². The predicted octanol–water partition coefficient (Wildman–Crippen LogP) is 5.89. The summed E-state index contributed by atoms with van der Waals surface area (Å²) in [6.45, 7) is 12.0. The molecule has 1 heterocycles. The Hall–Kier alpha value is -1.34. The van der Waals surface area contributed by atoms with Gasteiger partial charge in [0, 0.05) is 34.8 Å². The van der Waals surface area contributed by atoms with Gasteiger partial charge in [-0.1, -0.05) is 40.2 Å². The van der Waals surface area contributed by atoms with Crippen LogP contribution in [0.1, 0.15) is 98.3 Å². The summed E-state index contributed by atoms with van der Waals surface area (Å²) in [5.74, 6) is 0.445. The minimum atomic E-state index is -0.708. The summed E-state index contributed by atoms with van der Waals surface area (Å²) in [5.41, 5.74) is -1.56. The highest BCUT2D eigenvalue weighted by molar-refractivity contribution is 8.00. The van der Waals surface area contributed by atoms with Crippen LogP contribution in [0, 0.1) is 34.0 Å². The molecule has 9 atom stereocenters. The lowest BCUT2D eigenvalue weighted by atomic mass is 9.43. The van der Waals surface area contributed by atoms with Crippen molar-refractivity contribution in [3.05, 3.63) is 12.7 Å². The molecule has 0 radical (unpaired) electrons. The van der Waals surface area contributed by atoms with E-state index >= 15 is 0 Å². The molecule has 0 aromatic heterocycles. The molecule has 4 rings (SSSR count). The number of rotatable bonds is 9. The van der Waals surface area contributed by atoms with Gasteiger partial charge in [0.15, 0.2) is 6.61 Å². The van der Waals surface area contributed by atoms with Crippen LogP contribution in [0.5, 0.6) is 0 Å². The van der Waals surface area contributed by atoms with Crippen molar-refractivity contribution in [1.29, 1.82) is 0 Å². The Morgan fingerprint density at radius 1 is 1.16 bits per heavy atom. The largest absolute Gasteiger partial charge is 0.459 e. The summed E-state index contributed by atoms with van der Waals surface area (Å²) in [5, 5.41) is 12.4. The molecule has 4 fully saturated rings. The number of Topliss-reactive ketones (excluding diaryl/α,β-unsaturated/α-hetero) is 1. The first-order valence-corrected chi connectivity index (χ1v) is 15.8. The number of carbonyl (C=O) groups is 3. The zero-order valence-corrected chi connectivity index (χ0v) is 24.7. The van der Waals surface area contributed by atoms with Crippen LogP contribution < -0.4 is 0 Å². The molecule has 0 spiro atoms. The third-order valence-corrected chi connectivity index (χ3v) is 12.5. The molecule has 0 aromatic carbocycles. The lowest BCUT2D eigenvalue weighted by Crippen LogP contribution is -2.63. The first-order valence-electron chi connectivity index (χ1n) is 14.8. The van der Waals surface area contributed by atoms with Crippen LogP contribution in [-0.2, 0) is 23.9 Å². The highest BCUT2D eigenvalue weighted by atomic mass is 32.2. The third kappa shape index (κ3) is 5.35. The zero-order valence-electron chi connectivity index (χ0n) is 23.8. The fourth-order valence-corrected chi connectivity index (χ4v) is 9.92. The maximum absolute atomic E-state index is 13.5. The summed E-state index contributed by atoms with van der Waals surface area (Å²) in [6.07, 6.45) is 9.60. The number of aliphatic hydroxyl groups excluding tert-OH is 1. The zero-order chi connectivity index (χ0) is 27.7. The third-order valence-electron chi connectivity index (χ3n) is 11.0. The smallest absolute Gasteiger partial charge is 0.344 e. The molecule has 214 valence electrons. The SMILES string of the molecule is C=C[C@]1(C)C[C@@H](OC(=O)COC(=O)CCCCC2CCCS2)[C@]2(C)CC[C@@H](C)[C@@]3(CCC(=O)[C@@H]23)[C@@H](C)[C@@H]1O. The monoisotopic (exact) mass is 548 g/mol. The van der Waals surface area contributed by atoms with Gasteiger partial charge < -0.3 is 14.6 Å². The fraction of sp³-hybridized carbons (Fsp3) is 0.839. The molecule has 2 bridgehead atoms. The topological polar surface area (TPSA) is 89.9 Å². The molecule has 0 aromatic rings. The normalized spacial score (nSPS) is 42.6. The van der Waals surface area contributed by atoms with Crippen LogP contribution in [-0.4, -0.2) is 52.6 Å². The van der Waals surface area contributed by atoms with Crippen molar-refractivity contribution in [2.45, 2.75) is 116 Å². The molecule has 4 aliphatic rings. The summed E-state index contributed by atoms with van der Waals surface area (Å²) in [7, 11) is 0. The second kappa shape index (κ2) is 11.6. The Kier molecular flexibility index (Phi) is 9.08.